The number of fused-ring (bicyclic) bond motifs is 3. The molecule has 2 heterocycles. The van der Waals surface area contributed by atoms with Gasteiger partial charge in [0.15, 0.2) is 0 Å². The van der Waals surface area contributed by atoms with Crippen LogP contribution in [0.1, 0.15) is 70.7 Å². The van der Waals surface area contributed by atoms with Crippen LogP contribution in [0.5, 0.6) is 0 Å². The zero-order chi connectivity index (χ0) is 23.9. The molecule has 0 saturated heterocycles. The summed E-state index contributed by atoms with van der Waals surface area (Å²) in [6, 6.07) is 9.59. The van der Waals surface area contributed by atoms with Crippen molar-refractivity contribution >= 4 is 27.5 Å². The smallest absolute Gasteiger partial charge is 0.0390 e. The summed E-state index contributed by atoms with van der Waals surface area (Å²) in [6.07, 6.45) is 11.7. The SMILES string of the molecule is C=C/C=C(\C1=C(C)CCC(C)N1C)C(C)C1C=Cc2sc3ccccc3c2C1C(C)C(C)C. The molecule has 0 saturated carbocycles. The first-order valence-electron chi connectivity index (χ1n) is 12.7. The predicted octanol–water partition coefficient (Wildman–Crippen LogP) is 9.06. The number of likely N-dealkylation sites (N-methyl/N-ethyl adjacent to an activating group) is 1. The van der Waals surface area contributed by atoms with Gasteiger partial charge in [0.05, 0.1) is 0 Å². The van der Waals surface area contributed by atoms with Gasteiger partial charge in [-0.05, 0) is 90.5 Å². The summed E-state index contributed by atoms with van der Waals surface area (Å²) in [5, 5.41) is 1.46. The average Bonchev–Trinajstić information content (AvgIpc) is 3.18. The van der Waals surface area contributed by atoms with Crippen molar-refractivity contribution in [2.45, 2.75) is 66.3 Å². The van der Waals surface area contributed by atoms with Crippen LogP contribution in [0.25, 0.3) is 16.2 Å². The summed E-state index contributed by atoms with van der Waals surface area (Å²) >= 11 is 1.96. The summed E-state index contributed by atoms with van der Waals surface area (Å²) in [6.45, 7) is 18.5. The van der Waals surface area contributed by atoms with E-state index >= 15 is 0 Å². The highest BCUT2D eigenvalue weighted by Gasteiger charge is 2.39. The average molecular weight is 460 g/mol. The second-order valence-electron chi connectivity index (χ2n) is 10.7. The molecule has 5 atom stereocenters. The van der Waals surface area contributed by atoms with E-state index in [1.807, 2.05) is 17.4 Å². The Labute approximate surface area is 205 Å². The maximum Gasteiger partial charge on any atom is 0.0390 e. The second-order valence-corrected chi connectivity index (χ2v) is 11.8. The van der Waals surface area contributed by atoms with Crippen LogP contribution < -0.4 is 0 Å². The zero-order valence-corrected chi connectivity index (χ0v) is 22.4. The summed E-state index contributed by atoms with van der Waals surface area (Å²) in [4.78, 5) is 3.98. The third kappa shape index (κ3) is 4.28. The Hall–Kier alpha value is -2.06. The summed E-state index contributed by atoms with van der Waals surface area (Å²) in [5.41, 5.74) is 6.01. The normalized spacial score (nSPS) is 25.5. The minimum Gasteiger partial charge on any atom is -0.372 e. The van der Waals surface area contributed by atoms with Crippen LogP contribution in [-0.4, -0.2) is 18.0 Å². The van der Waals surface area contributed by atoms with E-state index in [0.717, 1.165) is 0 Å². The van der Waals surface area contributed by atoms with Gasteiger partial charge in [-0.2, -0.15) is 0 Å². The minimum absolute atomic E-state index is 0.412. The third-order valence-electron chi connectivity index (χ3n) is 8.49. The first-order valence-corrected chi connectivity index (χ1v) is 13.5. The summed E-state index contributed by atoms with van der Waals surface area (Å²) in [5.74, 6) is 2.62. The van der Waals surface area contributed by atoms with E-state index in [0.29, 0.717) is 35.6 Å². The fourth-order valence-corrected chi connectivity index (χ4v) is 7.23. The lowest BCUT2D eigenvalue weighted by Crippen LogP contribution is -2.36. The van der Waals surface area contributed by atoms with Gasteiger partial charge < -0.3 is 4.90 Å². The molecule has 0 amide bonds. The van der Waals surface area contributed by atoms with E-state index in [4.69, 9.17) is 0 Å². The third-order valence-corrected chi connectivity index (χ3v) is 9.64. The minimum atomic E-state index is 0.412. The van der Waals surface area contributed by atoms with Gasteiger partial charge in [-0.15, -0.1) is 11.3 Å². The Balaban J connectivity index is 1.84. The highest BCUT2D eigenvalue weighted by atomic mass is 32.1. The highest BCUT2D eigenvalue weighted by molar-refractivity contribution is 7.20. The highest BCUT2D eigenvalue weighted by Crippen LogP contribution is 2.52. The molecule has 176 valence electrons. The van der Waals surface area contributed by atoms with Crippen LogP contribution >= 0.6 is 11.3 Å². The molecular formula is C31H41NS. The second kappa shape index (κ2) is 9.66. The van der Waals surface area contributed by atoms with Crippen LogP contribution in [0.15, 0.2) is 65.9 Å². The number of rotatable bonds is 6. The van der Waals surface area contributed by atoms with Crippen molar-refractivity contribution in [3.63, 3.8) is 0 Å². The monoisotopic (exact) mass is 459 g/mol. The molecule has 5 unspecified atom stereocenters. The Bertz CT molecular complexity index is 1110. The van der Waals surface area contributed by atoms with Gasteiger partial charge in [0, 0.05) is 28.4 Å². The summed E-state index contributed by atoms with van der Waals surface area (Å²) in [7, 11) is 2.28. The van der Waals surface area contributed by atoms with Gasteiger partial charge in [-0.1, -0.05) is 70.7 Å². The van der Waals surface area contributed by atoms with Crippen molar-refractivity contribution in [3.8, 4) is 0 Å². The van der Waals surface area contributed by atoms with E-state index < -0.39 is 0 Å². The summed E-state index contributed by atoms with van der Waals surface area (Å²) < 4.78 is 1.42. The first-order chi connectivity index (χ1) is 15.8. The number of benzene rings is 1. The molecule has 1 aliphatic carbocycles. The van der Waals surface area contributed by atoms with Crippen LogP contribution in [0.3, 0.4) is 0 Å². The molecular weight excluding hydrogens is 418 g/mol. The van der Waals surface area contributed by atoms with Gasteiger partial charge in [0.1, 0.15) is 0 Å². The number of allylic oxidation sites excluding steroid dienone is 5. The maximum atomic E-state index is 4.11. The molecule has 0 fully saturated rings. The molecule has 0 N–H and O–H groups in total. The Kier molecular flexibility index (Phi) is 7.05. The lowest BCUT2D eigenvalue weighted by molar-refractivity contribution is 0.248. The fraction of sp³-hybridized carbons (Fsp3) is 0.484. The molecule has 2 aliphatic rings. The van der Waals surface area contributed by atoms with E-state index in [1.165, 1.54) is 44.6 Å². The molecule has 0 radical (unpaired) electrons. The van der Waals surface area contributed by atoms with Crippen LogP contribution in [-0.2, 0) is 0 Å². The van der Waals surface area contributed by atoms with Gasteiger partial charge in [-0.3, -0.25) is 0 Å². The lowest BCUT2D eigenvalue weighted by Gasteiger charge is -2.43. The van der Waals surface area contributed by atoms with E-state index in [-0.39, 0.29) is 0 Å². The van der Waals surface area contributed by atoms with Crippen molar-refractivity contribution in [3.05, 3.63) is 76.4 Å². The van der Waals surface area contributed by atoms with E-state index in [1.54, 1.807) is 5.56 Å². The van der Waals surface area contributed by atoms with Crippen LogP contribution in [0, 0.1) is 23.7 Å². The van der Waals surface area contributed by atoms with Crippen molar-refractivity contribution in [2.24, 2.45) is 23.7 Å². The molecule has 0 bridgehead atoms. The molecule has 1 aromatic heterocycles. The molecule has 33 heavy (non-hydrogen) atoms. The van der Waals surface area contributed by atoms with Crippen molar-refractivity contribution in [2.75, 3.05) is 7.05 Å². The van der Waals surface area contributed by atoms with E-state index in [9.17, 15) is 0 Å². The first kappa shape index (κ1) is 24.1. The maximum absolute atomic E-state index is 4.11. The molecule has 1 aliphatic heterocycles. The van der Waals surface area contributed by atoms with Crippen LogP contribution in [0.2, 0.25) is 0 Å². The Morgan fingerprint density at radius 2 is 1.91 bits per heavy atom. The topological polar surface area (TPSA) is 3.24 Å². The molecule has 4 rings (SSSR count). The molecule has 1 nitrogen and oxygen atoms in total. The fourth-order valence-electron chi connectivity index (χ4n) is 6.06. The van der Waals surface area contributed by atoms with Gasteiger partial charge >= 0.3 is 0 Å². The van der Waals surface area contributed by atoms with Gasteiger partial charge in [0.25, 0.3) is 0 Å². The molecule has 2 aromatic rings. The van der Waals surface area contributed by atoms with Crippen molar-refractivity contribution in [1.82, 2.24) is 4.90 Å². The number of hydrogen-bond donors (Lipinski definition) is 0. The van der Waals surface area contributed by atoms with Crippen molar-refractivity contribution in [1.29, 1.82) is 0 Å². The Morgan fingerprint density at radius 3 is 2.61 bits per heavy atom. The number of nitrogens with zero attached hydrogens (tertiary/aromatic N) is 1. The molecule has 1 aromatic carbocycles. The van der Waals surface area contributed by atoms with Crippen LogP contribution in [0.4, 0.5) is 0 Å². The predicted molar refractivity (Wildman–Crippen MR) is 148 cm³/mol. The molecule has 0 spiro atoms. The quantitative estimate of drug-likeness (QED) is 0.389. The standard InChI is InChI=1S/C31H41NS/c1-9-12-25(31-20(4)15-16-21(5)32(31)8)23(7)24-17-18-28-30(29(24)22(6)19(2)3)26-13-10-11-14-27(26)33-28/h9-14,17-19,21-24,29H,1,15-16H2,2-8H3/b25-12-. The van der Waals surface area contributed by atoms with Crippen molar-refractivity contribution < 1.29 is 0 Å². The zero-order valence-electron chi connectivity index (χ0n) is 21.6. The largest absolute Gasteiger partial charge is 0.372 e. The van der Waals surface area contributed by atoms with E-state index in [2.05, 4.69) is 103 Å². The number of hydrogen-bond acceptors (Lipinski definition) is 2. The van der Waals surface area contributed by atoms with Gasteiger partial charge in [0.2, 0.25) is 0 Å². The Morgan fingerprint density at radius 1 is 1.18 bits per heavy atom. The van der Waals surface area contributed by atoms with Gasteiger partial charge in [-0.25, -0.2) is 0 Å². The number of thiophene rings is 1. The molecule has 2 heteroatoms. The lowest BCUT2D eigenvalue weighted by atomic mass is 9.65.